The van der Waals surface area contributed by atoms with E-state index in [1.54, 1.807) is 12.1 Å². The van der Waals surface area contributed by atoms with Gasteiger partial charge in [0.05, 0.1) is 18.8 Å². The van der Waals surface area contributed by atoms with E-state index in [1.165, 1.54) is 19.2 Å². The number of benzene rings is 1. The normalized spacial score (nSPS) is 17.7. The summed E-state index contributed by atoms with van der Waals surface area (Å²) < 4.78 is 18.0. The molecule has 0 saturated heterocycles. The topological polar surface area (TPSA) is 70.6 Å². The number of carbonyl (C=O) groups excluding carboxylic acids is 1. The van der Waals surface area contributed by atoms with Gasteiger partial charge >= 0.3 is 6.03 Å². The lowest BCUT2D eigenvalue weighted by Crippen LogP contribution is -2.43. The molecule has 128 valence electrons. The second-order valence-corrected chi connectivity index (χ2v) is 6.04. The van der Waals surface area contributed by atoms with Crippen LogP contribution in [0, 0.1) is 11.7 Å². The molecule has 1 aromatic rings. The van der Waals surface area contributed by atoms with Gasteiger partial charge in [0, 0.05) is 13.7 Å². The Labute approximate surface area is 136 Å². The predicted molar refractivity (Wildman–Crippen MR) is 85.5 cm³/mol. The Morgan fingerprint density at radius 1 is 1.35 bits per heavy atom. The summed E-state index contributed by atoms with van der Waals surface area (Å²) in [5.74, 6) is 0.0705. The standard InChI is InChI=1S/C17H25FN2O3/c1-23-11-15(21)10-19-17(22)20-16(12-4-2-3-5-12)13-6-8-14(18)9-7-13/h6-9,12,15-16,21H,2-5,10-11H2,1H3,(H2,19,20,22). The van der Waals surface area contributed by atoms with Crippen molar-refractivity contribution in [1.29, 1.82) is 0 Å². The lowest BCUT2D eigenvalue weighted by Gasteiger charge is -2.25. The number of aliphatic hydroxyl groups is 1. The number of carbonyl (C=O) groups is 1. The van der Waals surface area contributed by atoms with Crippen LogP contribution in [-0.2, 0) is 4.74 Å². The van der Waals surface area contributed by atoms with Gasteiger partial charge in [-0.2, -0.15) is 0 Å². The molecule has 0 aromatic heterocycles. The average molecular weight is 324 g/mol. The maximum absolute atomic E-state index is 13.1. The molecular weight excluding hydrogens is 299 g/mol. The molecule has 0 aliphatic heterocycles. The summed E-state index contributed by atoms with van der Waals surface area (Å²) in [6.45, 7) is 0.296. The number of methoxy groups -OCH3 is 1. The van der Waals surface area contributed by atoms with E-state index < -0.39 is 6.10 Å². The summed E-state index contributed by atoms with van der Waals surface area (Å²) in [4.78, 5) is 12.1. The number of nitrogens with one attached hydrogen (secondary N) is 2. The van der Waals surface area contributed by atoms with Crippen molar-refractivity contribution >= 4 is 6.03 Å². The molecule has 2 amide bonds. The number of hydrogen-bond acceptors (Lipinski definition) is 3. The van der Waals surface area contributed by atoms with Crippen LogP contribution in [0.15, 0.2) is 24.3 Å². The first-order chi connectivity index (χ1) is 11.1. The van der Waals surface area contributed by atoms with Crippen LogP contribution < -0.4 is 10.6 Å². The summed E-state index contributed by atoms with van der Waals surface area (Å²) in [6, 6.07) is 5.80. The molecule has 1 fully saturated rings. The molecule has 1 aliphatic rings. The van der Waals surface area contributed by atoms with Gasteiger partial charge in [-0.25, -0.2) is 9.18 Å². The van der Waals surface area contributed by atoms with Gasteiger partial charge in [-0.05, 0) is 36.5 Å². The maximum Gasteiger partial charge on any atom is 0.315 e. The molecule has 5 nitrogen and oxygen atoms in total. The van der Waals surface area contributed by atoms with Crippen LogP contribution in [-0.4, -0.2) is 37.5 Å². The van der Waals surface area contributed by atoms with Crippen molar-refractivity contribution in [2.75, 3.05) is 20.3 Å². The number of amides is 2. The molecule has 0 bridgehead atoms. The number of ether oxygens (including phenoxy) is 1. The van der Waals surface area contributed by atoms with Gasteiger partial charge in [-0.3, -0.25) is 0 Å². The zero-order valence-electron chi connectivity index (χ0n) is 13.4. The molecule has 2 unspecified atom stereocenters. The van der Waals surface area contributed by atoms with Crippen LogP contribution in [0.5, 0.6) is 0 Å². The van der Waals surface area contributed by atoms with E-state index in [2.05, 4.69) is 10.6 Å². The summed E-state index contributed by atoms with van der Waals surface area (Å²) >= 11 is 0. The highest BCUT2D eigenvalue weighted by atomic mass is 19.1. The third-order valence-electron chi connectivity index (χ3n) is 4.24. The van der Waals surface area contributed by atoms with Crippen molar-refractivity contribution in [3.63, 3.8) is 0 Å². The Hall–Kier alpha value is -1.66. The van der Waals surface area contributed by atoms with Crippen LogP contribution in [0.25, 0.3) is 0 Å². The van der Waals surface area contributed by atoms with Gasteiger partial charge in [0.25, 0.3) is 0 Å². The minimum absolute atomic E-state index is 0.125. The summed E-state index contributed by atoms with van der Waals surface area (Å²) in [7, 11) is 1.49. The first kappa shape index (κ1) is 17.7. The van der Waals surface area contributed by atoms with E-state index in [0.29, 0.717) is 5.92 Å². The number of hydrogen-bond donors (Lipinski definition) is 3. The van der Waals surface area contributed by atoms with Gasteiger partial charge in [-0.1, -0.05) is 25.0 Å². The molecular formula is C17H25FN2O3. The highest BCUT2D eigenvalue weighted by Gasteiger charge is 2.27. The molecule has 0 radical (unpaired) electrons. The third-order valence-corrected chi connectivity index (χ3v) is 4.24. The van der Waals surface area contributed by atoms with E-state index in [-0.39, 0.29) is 31.0 Å². The van der Waals surface area contributed by atoms with Gasteiger partial charge in [-0.15, -0.1) is 0 Å². The fourth-order valence-electron chi connectivity index (χ4n) is 3.09. The summed E-state index contributed by atoms with van der Waals surface area (Å²) in [6.07, 6.45) is 3.67. The fraction of sp³-hybridized carbons (Fsp3) is 0.588. The molecule has 1 aliphatic carbocycles. The Kier molecular flexibility index (Phi) is 6.80. The Bertz CT molecular complexity index is 489. The first-order valence-corrected chi connectivity index (χ1v) is 8.07. The average Bonchev–Trinajstić information content (AvgIpc) is 3.06. The number of urea groups is 1. The quantitative estimate of drug-likeness (QED) is 0.721. The van der Waals surface area contributed by atoms with E-state index in [4.69, 9.17) is 4.74 Å². The molecule has 0 heterocycles. The van der Waals surface area contributed by atoms with Crippen molar-refractivity contribution in [3.8, 4) is 0 Å². The molecule has 1 aromatic carbocycles. The lowest BCUT2D eigenvalue weighted by atomic mass is 9.91. The Morgan fingerprint density at radius 2 is 2.00 bits per heavy atom. The molecule has 2 atom stereocenters. The van der Waals surface area contributed by atoms with Crippen LogP contribution in [0.4, 0.5) is 9.18 Å². The second-order valence-electron chi connectivity index (χ2n) is 6.04. The van der Waals surface area contributed by atoms with Crippen molar-refractivity contribution < 1.29 is 19.0 Å². The molecule has 1 saturated carbocycles. The van der Waals surface area contributed by atoms with Gasteiger partial charge in [0.15, 0.2) is 0 Å². The van der Waals surface area contributed by atoms with E-state index in [0.717, 1.165) is 31.2 Å². The van der Waals surface area contributed by atoms with Gasteiger partial charge in [0.2, 0.25) is 0 Å². The smallest absolute Gasteiger partial charge is 0.315 e. The molecule has 3 N–H and O–H groups in total. The largest absolute Gasteiger partial charge is 0.389 e. The fourth-order valence-corrected chi connectivity index (χ4v) is 3.09. The zero-order valence-corrected chi connectivity index (χ0v) is 13.4. The van der Waals surface area contributed by atoms with Crippen molar-refractivity contribution in [2.45, 2.75) is 37.8 Å². The highest BCUT2D eigenvalue weighted by Crippen LogP contribution is 2.35. The predicted octanol–water partition coefficient (Wildman–Crippen LogP) is 2.36. The summed E-state index contributed by atoms with van der Waals surface area (Å²) in [5.41, 5.74) is 0.908. The lowest BCUT2D eigenvalue weighted by molar-refractivity contribution is 0.0658. The molecule has 23 heavy (non-hydrogen) atoms. The Balaban J connectivity index is 1.97. The van der Waals surface area contributed by atoms with Crippen LogP contribution in [0.1, 0.15) is 37.3 Å². The number of halogens is 1. The third kappa shape index (κ3) is 5.48. The second kappa shape index (κ2) is 8.84. The van der Waals surface area contributed by atoms with Crippen molar-refractivity contribution in [3.05, 3.63) is 35.6 Å². The van der Waals surface area contributed by atoms with Crippen molar-refractivity contribution in [1.82, 2.24) is 10.6 Å². The molecule has 0 spiro atoms. The number of aliphatic hydroxyl groups excluding tert-OH is 1. The maximum atomic E-state index is 13.1. The number of rotatable bonds is 7. The molecule has 2 rings (SSSR count). The molecule has 6 heteroatoms. The first-order valence-electron chi connectivity index (χ1n) is 8.07. The minimum atomic E-state index is -0.735. The SMILES string of the molecule is COCC(O)CNC(=O)NC(c1ccc(F)cc1)C1CCCC1. The van der Waals surface area contributed by atoms with Gasteiger partial charge < -0.3 is 20.5 Å². The van der Waals surface area contributed by atoms with Crippen LogP contribution >= 0.6 is 0 Å². The Morgan fingerprint density at radius 3 is 2.61 bits per heavy atom. The van der Waals surface area contributed by atoms with Crippen LogP contribution in [0.2, 0.25) is 0 Å². The summed E-state index contributed by atoms with van der Waals surface area (Å²) in [5, 5.41) is 15.2. The van der Waals surface area contributed by atoms with Gasteiger partial charge in [0.1, 0.15) is 5.82 Å². The minimum Gasteiger partial charge on any atom is -0.389 e. The van der Waals surface area contributed by atoms with E-state index >= 15 is 0 Å². The monoisotopic (exact) mass is 324 g/mol. The van der Waals surface area contributed by atoms with Crippen molar-refractivity contribution in [2.24, 2.45) is 5.92 Å². The van der Waals surface area contributed by atoms with Crippen LogP contribution in [0.3, 0.4) is 0 Å². The van der Waals surface area contributed by atoms with E-state index in [1.807, 2.05) is 0 Å². The zero-order chi connectivity index (χ0) is 16.7. The highest BCUT2D eigenvalue weighted by molar-refractivity contribution is 5.74. The van der Waals surface area contributed by atoms with E-state index in [9.17, 15) is 14.3 Å².